The molecule has 0 spiro atoms. The third-order valence-electron chi connectivity index (χ3n) is 6.53. The van der Waals surface area contributed by atoms with Crippen LogP contribution in [0.3, 0.4) is 0 Å². The second kappa shape index (κ2) is 10.1. The van der Waals surface area contributed by atoms with Crippen molar-refractivity contribution in [3.05, 3.63) is 101 Å². The van der Waals surface area contributed by atoms with Crippen LogP contribution >= 0.6 is 0 Å². The van der Waals surface area contributed by atoms with Gasteiger partial charge in [0.2, 0.25) is 0 Å². The predicted octanol–water partition coefficient (Wildman–Crippen LogP) is 9.73. The number of pyridine rings is 1. The monoisotopic (exact) mass is 469 g/mol. The van der Waals surface area contributed by atoms with Crippen LogP contribution in [0.2, 0.25) is 0 Å². The molecule has 1 aromatic heterocycles. The fraction of sp³-hybridized carbons (Fsp3) is 0.281. The minimum absolute atomic E-state index is 0.280. The summed E-state index contributed by atoms with van der Waals surface area (Å²) in [6.45, 7) is 13.4. The van der Waals surface area contributed by atoms with E-state index in [0.717, 1.165) is 28.1 Å². The number of hydrogen-bond donors (Lipinski definition) is 0. The highest BCUT2D eigenvalue weighted by atomic mass is 19.1. The quantitative estimate of drug-likeness (QED) is 0.274. The predicted molar refractivity (Wildman–Crippen MR) is 143 cm³/mol. The van der Waals surface area contributed by atoms with Gasteiger partial charge in [-0.05, 0) is 106 Å². The van der Waals surface area contributed by atoms with Crippen molar-refractivity contribution in [2.75, 3.05) is 0 Å². The van der Waals surface area contributed by atoms with Gasteiger partial charge >= 0.3 is 0 Å². The van der Waals surface area contributed by atoms with E-state index < -0.39 is 0 Å². The van der Waals surface area contributed by atoms with Gasteiger partial charge in [-0.1, -0.05) is 53.7 Å². The molecule has 4 rings (SSSR count). The fourth-order valence-corrected chi connectivity index (χ4v) is 4.50. The highest BCUT2D eigenvalue weighted by Gasteiger charge is 2.20. The zero-order valence-electron chi connectivity index (χ0n) is 21.4. The summed E-state index contributed by atoms with van der Waals surface area (Å²) >= 11 is 0. The Morgan fingerprint density at radius 3 is 1.26 bits per heavy atom. The average Bonchev–Trinajstić information content (AvgIpc) is 2.83. The average molecular weight is 470 g/mol. The van der Waals surface area contributed by atoms with Crippen LogP contribution in [0.1, 0.15) is 76.0 Å². The van der Waals surface area contributed by atoms with E-state index in [1.165, 1.54) is 46.5 Å². The Bertz CT molecular complexity index is 1220. The maximum atomic E-state index is 13.7. The van der Waals surface area contributed by atoms with Crippen molar-refractivity contribution in [3.63, 3.8) is 0 Å². The lowest BCUT2D eigenvalue weighted by Gasteiger charge is -2.24. The molecule has 3 heteroatoms. The topological polar surface area (TPSA) is 12.9 Å². The molecule has 0 aliphatic heterocycles. The van der Waals surface area contributed by atoms with Crippen molar-refractivity contribution in [2.45, 2.75) is 59.3 Å². The molecular formula is C32H33F2N. The van der Waals surface area contributed by atoms with Crippen molar-refractivity contribution in [2.24, 2.45) is 0 Å². The van der Waals surface area contributed by atoms with Gasteiger partial charge in [-0.2, -0.15) is 0 Å². The first-order valence-corrected chi connectivity index (χ1v) is 12.4. The Kier molecular flexibility index (Phi) is 7.16. The van der Waals surface area contributed by atoms with E-state index in [1.807, 2.05) is 0 Å². The van der Waals surface area contributed by atoms with E-state index in [2.05, 4.69) is 65.8 Å². The molecule has 4 aromatic rings. The third-order valence-corrected chi connectivity index (χ3v) is 6.53. The van der Waals surface area contributed by atoms with Crippen molar-refractivity contribution in [1.82, 2.24) is 4.98 Å². The van der Waals surface area contributed by atoms with Crippen LogP contribution < -0.4 is 0 Å². The molecule has 0 aliphatic carbocycles. The number of rotatable bonds is 6. The molecule has 0 fully saturated rings. The molecule has 1 heterocycles. The summed E-state index contributed by atoms with van der Waals surface area (Å²) in [5.41, 5.74) is 9.46. The summed E-state index contributed by atoms with van der Waals surface area (Å²) in [6, 6.07) is 21.7. The number of aromatic nitrogens is 1. The highest BCUT2D eigenvalue weighted by Crippen LogP contribution is 2.41. The van der Waals surface area contributed by atoms with E-state index in [-0.39, 0.29) is 11.6 Å². The molecule has 35 heavy (non-hydrogen) atoms. The van der Waals surface area contributed by atoms with Gasteiger partial charge in [-0.3, -0.25) is 0 Å². The minimum atomic E-state index is -0.280. The second-order valence-corrected chi connectivity index (χ2v) is 10.2. The SMILES string of the molecule is CC(C)c1cc(C(C)C)c(-c2cc(-c3ccc(F)cc3)nc(-c3ccc(F)cc3)c2)c(C(C)C)c1. The molecular weight excluding hydrogens is 436 g/mol. The summed E-state index contributed by atoms with van der Waals surface area (Å²) in [6.07, 6.45) is 0. The van der Waals surface area contributed by atoms with Gasteiger partial charge in [0.15, 0.2) is 0 Å². The minimum Gasteiger partial charge on any atom is -0.248 e. The van der Waals surface area contributed by atoms with Crippen LogP contribution in [0.15, 0.2) is 72.8 Å². The van der Waals surface area contributed by atoms with Crippen LogP contribution in [0.4, 0.5) is 8.78 Å². The van der Waals surface area contributed by atoms with E-state index in [4.69, 9.17) is 4.98 Å². The number of halogens is 2. The van der Waals surface area contributed by atoms with Crippen LogP contribution in [-0.2, 0) is 0 Å². The number of hydrogen-bond acceptors (Lipinski definition) is 1. The summed E-state index contributed by atoms with van der Waals surface area (Å²) in [5, 5.41) is 0. The van der Waals surface area contributed by atoms with Crippen LogP contribution in [0.5, 0.6) is 0 Å². The molecule has 0 N–H and O–H groups in total. The van der Waals surface area contributed by atoms with E-state index in [1.54, 1.807) is 24.3 Å². The molecule has 0 atom stereocenters. The normalized spacial score (nSPS) is 11.6. The Morgan fingerprint density at radius 2 is 0.914 bits per heavy atom. The van der Waals surface area contributed by atoms with E-state index in [0.29, 0.717) is 17.8 Å². The molecule has 0 saturated heterocycles. The van der Waals surface area contributed by atoms with Gasteiger partial charge in [0.25, 0.3) is 0 Å². The van der Waals surface area contributed by atoms with Crippen LogP contribution in [-0.4, -0.2) is 4.98 Å². The highest BCUT2D eigenvalue weighted by molar-refractivity contribution is 5.80. The maximum absolute atomic E-state index is 13.7. The molecule has 0 unspecified atom stereocenters. The summed E-state index contributed by atoms with van der Waals surface area (Å²) < 4.78 is 27.3. The van der Waals surface area contributed by atoms with Gasteiger partial charge in [0, 0.05) is 11.1 Å². The lowest BCUT2D eigenvalue weighted by molar-refractivity contribution is 0.627. The first-order valence-electron chi connectivity index (χ1n) is 12.4. The number of benzene rings is 3. The molecule has 0 aliphatic rings. The first kappa shape index (κ1) is 24.8. The van der Waals surface area contributed by atoms with Gasteiger partial charge in [0.1, 0.15) is 11.6 Å². The summed E-state index contributed by atoms with van der Waals surface area (Å²) in [4.78, 5) is 4.91. The Labute approximate surface area is 207 Å². The van der Waals surface area contributed by atoms with Crippen molar-refractivity contribution in [1.29, 1.82) is 0 Å². The fourth-order valence-electron chi connectivity index (χ4n) is 4.50. The van der Waals surface area contributed by atoms with Crippen LogP contribution in [0.25, 0.3) is 33.6 Å². The smallest absolute Gasteiger partial charge is 0.123 e. The standard InChI is InChI=1S/C32H33F2N/c1-19(2)24-15-28(20(3)4)32(29(16-24)21(5)6)25-17-30(22-7-11-26(33)12-8-22)35-31(18-25)23-9-13-27(34)14-10-23/h7-21H,1-6H3. The zero-order chi connectivity index (χ0) is 25.3. The van der Waals surface area contributed by atoms with Crippen molar-refractivity contribution < 1.29 is 8.78 Å². The first-order chi connectivity index (χ1) is 16.6. The second-order valence-electron chi connectivity index (χ2n) is 10.2. The summed E-state index contributed by atoms with van der Waals surface area (Å²) in [7, 11) is 0. The Morgan fingerprint density at radius 1 is 0.514 bits per heavy atom. The van der Waals surface area contributed by atoms with Gasteiger partial charge < -0.3 is 0 Å². The Balaban J connectivity index is 2.04. The van der Waals surface area contributed by atoms with Gasteiger partial charge in [0.05, 0.1) is 11.4 Å². The molecule has 0 bridgehead atoms. The summed E-state index contributed by atoms with van der Waals surface area (Å²) in [5.74, 6) is 0.533. The third kappa shape index (κ3) is 5.35. The lowest BCUT2D eigenvalue weighted by Crippen LogP contribution is -2.04. The van der Waals surface area contributed by atoms with E-state index >= 15 is 0 Å². The van der Waals surface area contributed by atoms with Gasteiger partial charge in [-0.25, -0.2) is 13.8 Å². The molecule has 0 amide bonds. The zero-order valence-corrected chi connectivity index (χ0v) is 21.4. The van der Waals surface area contributed by atoms with Crippen molar-refractivity contribution in [3.8, 4) is 33.6 Å². The van der Waals surface area contributed by atoms with Crippen LogP contribution in [0, 0.1) is 11.6 Å². The Hall–Kier alpha value is -3.33. The molecule has 3 aromatic carbocycles. The molecule has 180 valence electrons. The largest absolute Gasteiger partial charge is 0.248 e. The molecule has 0 radical (unpaired) electrons. The lowest BCUT2D eigenvalue weighted by atomic mass is 9.81. The molecule has 0 saturated carbocycles. The maximum Gasteiger partial charge on any atom is 0.123 e. The van der Waals surface area contributed by atoms with Crippen molar-refractivity contribution >= 4 is 0 Å². The van der Waals surface area contributed by atoms with Gasteiger partial charge in [-0.15, -0.1) is 0 Å². The number of nitrogens with zero attached hydrogens (tertiary/aromatic N) is 1. The molecule has 1 nitrogen and oxygen atoms in total. The van der Waals surface area contributed by atoms with E-state index in [9.17, 15) is 8.78 Å².